The fourth-order valence-electron chi connectivity index (χ4n) is 3.78. The van der Waals surface area contributed by atoms with Crippen LogP contribution in [-0.4, -0.2) is 80.4 Å². The molecule has 13 nitrogen and oxygen atoms in total. The fraction of sp³-hybridized carbons (Fsp3) is 0.273. The molecule has 5 rings (SSSR count). The average Bonchev–Trinajstić information content (AvgIpc) is 3.46. The Kier molecular flexibility index (Phi) is 5.97. The molecule has 0 bridgehead atoms. The summed E-state index contributed by atoms with van der Waals surface area (Å²) in [5.41, 5.74) is 3.21. The lowest BCUT2D eigenvalue weighted by Gasteiger charge is -2.36. The van der Waals surface area contributed by atoms with Crippen molar-refractivity contribution in [3.05, 3.63) is 59.9 Å². The van der Waals surface area contributed by atoms with Gasteiger partial charge >= 0.3 is 5.97 Å². The van der Waals surface area contributed by atoms with E-state index in [1.165, 1.54) is 15.3 Å². The quantitative estimate of drug-likeness (QED) is 0.357. The molecule has 0 radical (unpaired) electrons. The predicted octanol–water partition coefficient (Wildman–Crippen LogP) is 0.908. The van der Waals surface area contributed by atoms with E-state index < -0.39 is 21.7 Å². The van der Waals surface area contributed by atoms with Crippen LogP contribution in [-0.2, 0) is 19.6 Å². The molecule has 4 aromatic rings. The molecule has 0 aliphatic carbocycles. The molecule has 1 fully saturated rings. The smallest absolute Gasteiger partial charge is 0.322 e. The van der Waals surface area contributed by atoms with E-state index >= 15 is 0 Å². The van der Waals surface area contributed by atoms with Crippen LogP contribution in [0, 0.1) is 6.92 Å². The Morgan fingerprint density at radius 3 is 2.78 bits per heavy atom. The molecule has 1 aromatic carbocycles. The molecule has 1 N–H and O–H groups in total. The molecule has 0 spiro atoms. The minimum atomic E-state index is -3.75. The Bertz CT molecular complexity index is 1570. The topological polar surface area (TPSA) is 154 Å². The van der Waals surface area contributed by atoms with E-state index in [1.807, 2.05) is 37.3 Å². The number of aromatic nitrogens is 6. The van der Waals surface area contributed by atoms with Gasteiger partial charge in [-0.3, -0.25) is 9.59 Å². The van der Waals surface area contributed by atoms with Gasteiger partial charge in [0.1, 0.15) is 6.04 Å². The van der Waals surface area contributed by atoms with Crippen LogP contribution in [0.4, 0.5) is 5.69 Å². The summed E-state index contributed by atoms with van der Waals surface area (Å²) in [6.45, 7) is 2.13. The number of rotatable bonds is 7. The van der Waals surface area contributed by atoms with E-state index in [0.29, 0.717) is 28.2 Å². The van der Waals surface area contributed by atoms with Gasteiger partial charge in [-0.15, -0.1) is 10.2 Å². The van der Waals surface area contributed by atoms with Crippen LogP contribution in [0.15, 0.2) is 48.8 Å². The first-order valence-electron chi connectivity index (χ1n) is 10.9. The largest absolute Gasteiger partial charge is 0.468 e. The summed E-state index contributed by atoms with van der Waals surface area (Å²) >= 11 is 0. The monoisotopic (exact) mass is 510 g/mol. The number of aryl methyl sites for hydroxylation is 1. The zero-order valence-corrected chi connectivity index (χ0v) is 20.2. The number of ether oxygens (including phenoxy) is 1. The first kappa shape index (κ1) is 23.6. The number of nitrogens with zero attached hydrogens (tertiary/aromatic N) is 7. The number of benzene rings is 1. The molecular weight excluding hydrogens is 488 g/mol. The number of amides is 1. The number of anilines is 1. The zero-order chi connectivity index (χ0) is 25.4. The fourth-order valence-corrected chi connectivity index (χ4v) is 5.18. The van der Waals surface area contributed by atoms with Gasteiger partial charge in [-0.25, -0.2) is 12.9 Å². The van der Waals surface area contributed by atoms with Gasteiger partial charge in [-0.1, -0.05) is 18.2 Å². The number of tetrazole rings is 1. The number of pyridine rings is 1. The van der Waals surface area contributed by atoms with Crippen LogP contribution in [0.1, 0.15) is 22.0 Å². The maximum absolute atomic E-state index is 12.9. The summed E-state index contributed by atoms with van der Waals surface area (Å²) in [5.74, 6) is -1.49. The second-order valence-corrected chi connectivity index (χ2v) is 10.3. The minimum absolute atomic E-state index is 0.129. The Balaban J connectivity index is 1.29. The minimum Gasteiger partial charge on any atom is -0.468 e. The SMILES string of the molecule is COC(=O)CS(=O)(=O)N1CC(n2nnc(-c3ccc(C)c(NC(=O)c4cnn5ccccc45)c3)n2)C1. The van der Waals surface area contributed by atoms with Crippen molar-refractivity contribution in [1.82, 2.24) is 34.1 Å². The van der Waals surface area contributed by atoms with E-state index in [4.69, 9.17) is 0 Å². The standard InChI is InChI=1S/C22H22N8O5S/c1-14-6-7-15(9-18(14)24-22(32)17-10-23-29-8-4-3-5-19(17)29)21-25-27-30(26-21)16-11-28(12-16)36(33,34)13-20(31)35-2/h3-10,16H,11-13H2,1-2H3,(H,24,32). The molecule has 1 amide bonds. The number of hydrogen-bond acceptors (Lipinski definition) is 9. The molecule has 1 aliphatic heterocycles. The lowest BCUT2D eigenvalue weighted by atomic mass is 10.1. The van der Waals surface area contributed by atoms with E-state index in [-0.39, 0.29) is 25.0 Å². The number of sulfonamides is 1. The van der Waals surface area contributed by atoms with Crippen LogP contribution in [0.25, 0.3) is 16.9 Å². The zero-order valence-electron chi connectivity index (χ0n) is 19.4. The Hall–Kier alpha value is -4.17. The molecule has 0 saturated carbocycles. The van der Waals surface area contributed by atoms with Crippen molar-refractivity contribution in [3.8, 4) is 11.4 Å². The van der Waals surface area contributed by atoms with E-state index in [0.717, 1.165) is 12.7 Å². The second-order valence-electron chi connectivity index (χ2n) is 8.31. The van der Waals surface area contributed by atoms with Crippen LogP contribution in [0.3, 0.4) is 0 Å². The summed E-state index contributed by atoms with van der Waals surface area (Å²) in [7, 11) is -2.61. The van der Waals surface area contributed by atoms with E-state index in [1.54, 1.807) is 16.8 Å². The van der Waals surface area contributed by atoms with Crippen LogP contribution in [0.5, 0.6) is 0 Å². The van der Waals surface area contributed by atoms with Gasteiger partial charge in [-0.2, -0.15) is 14.2 Å². The Morgan fingerprint density at radius 1 is 1.19 bits per heavy atom. The van der Waals surface area contributed by atoms with Crippen molar-refractivity contribution in [2.24, 2.45) is 0 Å². The molecule has 0 atom stereocenters. The maximum Gasteiger partial charge on any atom is 0.322 e. The van der Waals surface area contributed by atoms with Gasteiger partial charge < -0.3 is 10.1 Å². The van der Waals surface area contributed by atoms with Crippen LogP contribution in [0.2, 0.25) is 0 Å². The first-order chi connectivity index (χ1) is 17.2. The summed E-state index contributed by atoms with van der Waals surface area (Å²) < 4.78 is 31.7. The number of nitrogens with one attached hydrogen (secondary N) is 1. The number of carbonyl (C=O) groups excluding carboxylic acids is 2. The Morgan fingerprint density at radius 2 is 2.00 bits per heavy atom. The number of methoxy groups -OCH3 is 1. The van der Waals surface area contributed by atoms with Crippen molar-refractivity contribution in [3.63, 3.8) is 0 Å². The van der Waals surface area contributed by atoms with E-state index in [2.05, 4.69) is 30.6 Å². The molecule has 4 heterocycles. The van der Waals surface area contributed by atoms with Crippen molar-refractivity contribution in [2.45, 2.75) is 13.0 Å². The van der Waals surface area contributed by atoms with Crippen molar-refractivity contribution in [2.75, 3.05) is 31.3 Å². The second kappa shape index (κ2) is 9.13. The number of esters is 1. The highest BCUT2D eigenvalue weighted by atomic mass is 32.2. The van der Waals surface area contributed by atoms with Gasteiger partial charge in [0.25, 0.3) is 5.91 Å². The first-order valence-corrected chi connectivity index (χ1v) is 12.5. The Labute approximate surface area is 205 Å². The third-order valence-corrected chi connectivity index (χ3v) is 7.61. The number of hydrogen-bond donors (Lipinski definition) is 1. The highest BCUT2D eigenvalue weighted by Gasteiger charge is 2.39. The van der Waals surface area contributed by atoms with Crippen molar-refractivity contribution < 1.29 is 22.7 Å². The summed E-state index contributed by atoms with van der Waals surface area (Å²) in [6, 6.07) is 10.6. The molecule has 0 unspecified atom stereocenters. The predicted molar refractivity (Wildman–Crippen MR) is 128 cm³/mol. The van der Waals surface area contributed by atoms with Gasteiger partial charge in [0.05, 0.1) is 24.4 Å². The lowest BCUT2D eigenvalue weighted by Crippen LogP contribution is -2.52. The molecule has 1 saturated heterocycles. The molecule has 14 heteroatoms. The normalized spacial score (nSPS) is 14.5. The van der Waals surface area contributed by atoms with Crippen LogP contribution < -0.4 is 5.32 Å². The highest BCUT2D eigenvalue weighted by Crippen LogP contribution is 2.26. The lowest BCUT2D eigenvalue weighted by molar-refractivity contribution is -0.137. The summed E-state index contributed by atoms with van der Waals surface area (Å²) in [6.07, 6.45) is 3.28. The number of carbonyl (C=O) groups is 2. The third-order valence-electron chi connectivity index (χ3n) is 5.92. The van der Waals surface area contributed by atoms with Crippen molar-refractivity contribution in [1.29, 1.82) is 0 Å². The third kappa shape index (κ3) is 4.43. The molecule has 186 valence electrons. The van der Waals surface area contributed by atoms with Gasteiger partial charge in [-0.05, 0) is 35.9 Å². The van der Waals surface area contributed by atoms with Crippen molar-refractivity contribution >= 4 is 33.1 Å². The summed E-state index contributed by atoms with van der Waals surface area (Å²) in [5, 5.41) is 19.7. The molecule has 36 heavy (non-hydrogen) atoms. The highest BCUT2D eigenvalue weighted by molar-refractivity contribution is 7.89. The summed E-state index contributed by atoms with van der Waals surface area (Å²) in [4.78, 5) is 25.6. The molecular formula is C22H22N8O5S. The van der Waals surface area contributed by atoms with Gasteiger partial charge in [0.2, 0.25) is 15.8 Å². The van der Waals surface area contributed by atoms with Gasteiger partial charge in [0, 0.05) is 30.5 Å². The van der Waals surface area contributed by atoms with E-state index in [9.17, 15) is 18.0 Å². The molecule has 3 aromatic heterocycles. The number of fused-ring (bicyclic) bond motifs is 1. The van der Waals surface area contributed by atoms with Crippen LogP contribution >= 0.6 is 0 Å². The molecule has 1 aliphatic rings. The maximum atomic E-state index is 12.9. The van der Waals surface area contributed by atoms with Gasteiger partial charge in [0.15, 0.2) is 5.75 Å². The average molecular weight is 511 g/mol.